The van der Waals surface area contributed by atoms with Gasteiger partial charge in [0.25, 0.3) is 0 Å². The molecule has 2 aromatic rings. The molecule has 0 fully saturated rings. The molecule has 0 aliphatic heterocycles. The minimum Gasteiger partial charge on any atom is -0.496 e. The van der Waals surface area contributed by atoms with Gasteiger partial charge in [0.15, 0.2) is 0 Å². The van der Waals surface area contributed by atoms with E-state index in [0.717, 1.165) is 22.6 Å². The minimum atomic E-state index is 0.694. The summed E-state index contributed by atoms with van der Waals surface area (Å²) in [5.41, 5.74) is 3.09. The molecule has 0 atom stereocenters. The zero-order valence-corrected chi connectivity index (χ0v) is 9.43. The maximum absolute atomic E-state index is 6.17. The Morgan fingerprint density at radius 2 is 2.07 bits per heavy atom. The third-order valence-corrected chi connectivity index (χ3v) is 2.72. The normalized spacial score (nSPS) is 10.3. The molecular weight excluding hydrogens is 210 g/mol. The summed E-state index contributed by atoms with van der Waals surface area (Å²) in [5.74, 6) is 0.785. The van der Waals surface area contributed by atoms with Gasteiger partial charge in [0.05, 0.1) is 23.4 Å². The van der Waals surface area contributed by atoms with Gasteiger partial charge >= 0.3 is 0 Å². The highest BCUT2D eigenvalue weighted by molar-refractivity contribution is 6.33. The van der Waals surface area contributed by atoms with E-state index in [2.05, 4.69) is 4.98 Å². The van der Waals surface area contributed by atoms with Gasteiger partial charge in [0.2, 0.25) is 0 Å². The largest absolute Gasteiger partial charge is 0.496 e. The van der Waals surface area contributed by atoms with Gasteiger partial charge in [0, 0.05) is 6.20 Å². The van der Waals surface area contributed by atoms with Crippen molar-refractivity contribution >= 4 is 11.6 Å². The number of hydrogen-bond donors (Lipinski definition) is 1. The molecule has 0 aliphatic rings. The van der Waals surface area contributed by atoms with Gasteiger partial charge in [-0.3, -0.25) is 0 Å². The van der Waals surface area contributed by atoms with Crippen LogP contribution in [0.2, 0.25) is 5.02 Å². The fourth-order valence-corrected chi connectivity index (χ4v) is 1.89. The number of H-pyrrole nitrogens is 1. The third-order valence-electron chi connectivity index (χ3n) is 2.40. The van der Waals surface area contributed by atoms with Gasteiger partial charge < -0.3 is 9.72 Å². The lowest BCUT2D eigenvalue weighted by molar-refractivity contribution is 0.416. The molecule has 2 nitrogen and oxygen atoms in total. The molecule has 0 amide bonds. The Bertz CT molecular complexity index is 476. The van der Waals surface area contributed by atoms with Crippen molar-refractivity contribution in [2.75, 3.05) is 7.11 Å². The lowest BCUT2D eigenvalue weighted by Crippen LogP contribution is -1.90. The molecule has 0 bridgehead atoms. The average molecular weight is 222 g/mol. The molecular formula is C12H12ClNO. The molecule has 0 unspecified atom stereocenters. The van der Waals surface area contributed by atoms with Crippen molar-refractivity contribution in [2.24, 2.45) is 0 Å². The Hall–Kier alpha value is -1.41. The van der Waals surface area contributed by atoms with Gasteiger partial charge in [-0.15, -0.1) is 0 Å². The number of ether oxygens (including phenoxy) is 1. The van der Waals surface area contributed by atoms with Crippen LogP contribution in [-0.4, -0.2) is 12.1 Å². The van der Waals surface area contributed by atoms with Crippen molar-refractivity contribution < 1.29 is 4.74 Å². The van der Waals surface area contributed by atoms with Crippen molar-refractivity contribution in [3.8, 4) is 17.0 Å². The number of aromatic amines is 1. The van der Waals surface area contributed by atoms with Crippen LogP contribution in [-0.2, 0) is 0 Å². The highest BCUT2D eigenvalue weighted by Gasteiger charge is 2.12. The van der Waals surface area contributed by atoms with Gasteiger partial charge in [-0.2, -0.15) is 0 Å². The Morgan fingerprint density at radius 1 is 1.27 bits per heavy atom. The maximum atomic E-state index is 6.17. The quantitative estimate of drug-likeness (QED) is 0.823. The summed E-state index contributed by atoms with van der Waals surface area (Å²) in [5, 5.41) is 0.694. The molecule has 15 heavy (non-hydrogen) atoms. The zero-order valence-electron chi connectivity index (χ0n) is 8.67. The first-order valence-corrected chi connectivity index (χ1v) is 5.08. The molecule has 1 heterocycles. The Kier molecular flexibility index (Phi) is 2.69. The van der Waals surface area contributed by atoms with Crippen LogP contribution in [0.15, 0.2) is 30.5 Å². The number of rotatable bonds is 2. The number of nitrogens with one attached hydrogen (secondary N) is 1. The summed E-state index contributed by atoms with van der Waals surface area (Å²) in [7, 11) is 1.65. The molecule has 1 aromatic carbocycles. The minimum absolute atomic E-state index is 0.694. The van der Waals surface area contributed by atoms with E-state index in [1.165, 1.54) is 0 Å². The topological polar surface area (TPSA) is 25.0 Å². The summed E-state index contributed by atoms with van der Waals surface area (Å²) in [6.07, 6.45) is 1.90. The monoisotopic (exact) mass is 221 g/mol. The average Bonchev–Trinajstić information content (AvgIpc) is 2.64. The SMILES string of the molecule is COc1cccc(Cl)c1-c1[nH]ccc1C. The molecule has 2 rings (SSSR count). The maximum Gasteiger partial charge on any atom is 0.129 e. The Labute approximate surface area is 93.8 Å². The van der Waals surface area contributed by atoms with Crippen LogP contribution < -0.4 is 4.74 Å². The van der Waals surface area contributed by atoms with E-state index in [9.17, 15) is 0 Å². The summed E-state index contributed by atoms with van der Waals surface area (Å²) >= 11 is 6.17. The highest BCUT2D eigenvalue weighted by Crippen LogP contribution is 2.36. The number of aryl methyl sites for hydroxylation is 1. The van der Waals surface area contributed by atoms with Crippen molar-refractivity contribution in [3.63, 3.8) is 0 Å². The fourth-order valence-electron chi connectivity index (χ4n) is 1.63. The van der Waals surface area contributed by atoms with E-state index in [4.69, 9.17) is 16.3 Å². The van der Waals surface area contributed by atoms with Crippen LogP contribution in [0.4, 0.5) is 0 Å². The van der Waals surface area contributed by atoms with Crippen LogP contribution in [0.3, 0.4) is 0 Å². The molecule has 78 valence electrons. The van der Waals surface area contributed by atoms with Crippen LogP contribution in [0, 0.1) is 6.92 Å². The fraction of sp³-hybridized carbons (Fsp3) is 0.167. The molecule has 0 spiro atoms. The van der Waals surface area contributed by atoms with Gasteiger partial charge in [-0.05, 0) is 30.7 Å². The zero-order chi connectivity index (χ0) is 10.8. The van der Waals surface area contributed by atoms with Gasteiger partial charge in [0.1, 0.15) is 5.75 Å². The number of methoxy groups -OCH3 is 1. The number of hydrogen-bond acceptors (Lipinski definition) is 1. The Morgan fingerprint density at radius 3 is 2.67 bits per heavy atom. The molecule has 0 radical (unpaired) electrons. The molecule has 0 saturated heterocycles. The van der Waals surface area contributed by atoms with Crippen LogP contribution in [0.1, 0.15) is 5.56 Å². The van der Waals surface area contributed by atoms with E-state index in [1.54, 1.807) is 7.11 Å². The second kappa shape index (κ2) is 3.99. The van der Waals surface area contributed by atoms with E-state index >= 15 is 0 Å². The van der Waals surface area contributed by atoms with Gasteiger partial charge in [-0.1, -0.05) is 17.7 Å². The lowest BCUT2D eigenvalue weighted by Gasteiger charge is -2.09. The predicted octanol–water partition coefficient (Wildman–Crippen LogP) is 3.65. The number of halogens is 1. The third kappa shape index (κ3) is 1.73. The molecule has 0 saturated carbocycles. The first-order chi connectivity index (χ1) is 7.24. The standard InChI is InChI=1S/C12H12ClNO/c1-8-6-7-14-12(8)11-9(13)4-3-5-10(11)15-2/h3-7,14H,1-2H3. The summed E-state index contributed by atoms with van der Waals surface area (Å²) in [4.78, 5) is 3.17. The molecule has 1 aromatic heterocycles. The van der Waals surface area contributed by atoms with Crippen molar-refractivity contribution in [1.82, 2.24) is 4.98 Å². The van der Waals surface area contributed by atoms with E-state index in [-0.39, 0.29) is 0 Å². The summed E-state index contributed by atoms with van der Waals surface area (Å²) < 4.78 is 5.30. The first-order valence-electron chi connectivity index (χ1n) is 4.71. The number of aromatic nitrogens is 1. The first kappa shape index (κ1) is 10.1. The second-order valence-electron chi connectivity index (χ2n) is 3.35. The van der Waals surface area contributed by atoms with Crippen molar-refractivity contribution in [2.45, 2.75) is 6.92 Å². The van der Waals surface area contributed by atoms with E-state index in [0.29, 0.717) is 5.02 Å². The molecule has 1 N–H and O–H groups in total. The smallest absolute Gasteiger partial charge is 0.129 e. The summed E-state index contributed by atoms with van der Waals surface area (Å²) in [6.45, 7) is 2.04. The van der Waals surface area contributed by atoms with Crippen LogP contribution in [0.25, 0.3) is 11.3 Å². The van der Waals surface area contributed by atoms with Crippen LogP contribution >= 0.6 is 11.6 Å². The van der Waals surface area contributed by atoms with E-state index < -0.39 is 0 Å². The van der Waals surface area contributed by atoms with Crippen molar-refractivity contribution in [3.05, 3.63) is 41.0 Å². The Balaban J connectivity index is 2.66. The number of benzene rings is 1. The molecule has 0 aliphatic carbocycles. The lowest BCUT2D eigenvalue weighted by atomic mass is 10.1. The molecule has 3 heteroatoms. The van der Waals surface area contributed by atoms with Crippen LogP contribution in [0.5, 0.6) is 5.75 Å². The highest BCUT2D eigenvalue weighted by atomic mass is 35.5. The second-order valence-corrected chi connectivity index (χ2v) is 3.76. The summed E-state index contributed by atoms with van der Waals surface area (Å²) in [6, 6.07) is 7.65. The van der Waals surface area contributed by atoms with Crippen molar-refractivity contribution in [1.29, 1.82) is 0 Å². The van der Waals surface area contributed by atoms with Gasteiger partial charge in [-0.25, -0.2) is 0 Å². The predicted molar refractivity (Wildman–Crippen MR) is 62.5 cm³/mol. The van der Waals surface area contributed by atoms with E-state index in [1.807, 2.05) is 37.4 Å².